The first-order valence-electron chi connectivity index (χ1n) is 6.50. The van der Waals surface area contributed by atoms with Gasteiger partial charge in [0.1, 0.15) is 4.21 Å². The molecule has 6 heteroatoms. The number of sulfonamides is 1. The predicted molar refractivity (Wildman–Crippen MR) is 74.7 cm³/mol. The fourth-order valence-electron chi connectivity index (χ4n) is 3.74. The maximum Gasteiger partial charge on any atom is 0.252 e. The SMILES string of the molecule is CN([C@@H]1[C@@H]2CCO[C@H]2C1(C)C)S(=O)(=O)c1cccs1. The molecule has 1 saturated carbocycles. The molecule has 1 aromatic rings. The van der Waals surface area contributed by atoms with Crippen molar-refractivity contribution in [3.8, 4) is 0 Å². The summed E-state index contributed by atoms with van der Waals surface area (Å²) < 4.78 is 32.9. The Bertz CT molecular complexity index is 565. The molecule has 106 valence electrons. The first-order valence-corrected chi connectivity index (χ1v) is 8.82. The van der Waals surface area contributed by atoms with Crippen molar-refractivity contribution in [3.05, 3.63) is 17.5 Å². The number of thiophene rings is 1. The standard InChI is InChI=1S/C13H19NO3S2/c1-13(2)11(9-6-7-17-12(9)13)14(3)19(15,16)10-5-4-8-18-10/h4-5,8-9,11-12H,6-7H2,1-3H3/t9-,11+,12+/m0/s1. The van der Waals surface area contributed by atoms with Gasteiger partial charge in [0.25, 0.3) is 10.0 Å². The van der Waals surface area contributed by atoms with Gasteiger partial charge < -0.3 is 4.74 Å². The summed E-state index contributed by atoms with van der Waals surface area (Å²) in [5.74, 6) is 0.342. The summed E-state index contributed by atoms with van der Waals surface area (Å²) in [6, 6.07) is 3.48. The summed E-state index contributed by atoms with van der Waals surface area (Å²) in [6.45, 7) is 4.96. The Morgan fingerprint density at radius 2 is 2.21 bits per heavy atom. The van der Waals surface area contributed by atoms with E-state index < -0.39 is 10.0 Å². The number of ether oxygens (including phenoxy) is 1. The van der Waals surface area contributed by atoms with Crippen molar-refractivity contribution in [2.45, 2.75) is 36.6 Å². The summed E-state index contributed by atoms with van der Waals surface area (Å²) in [7, 11) is -1.66. The van der Waals surface area contributed by atoms with Gasteiger partial charge in [0.15, 0.2) is 0 Å². The van der Waals surface area contributed by atoms with Gasteiger partial charge in [0.05, 0.1) is 6.10 Å². The highest BCUT2D eigenvalue weighted by Gasteiger charge is 2.62. The third kappa shape index (κ3) is 1.81. The Balaban J connectivity index is 1.91. The molecule has 3 rings (SSSR count). The van der Waals surface area contributed by atoms with E-state index >= 15 is 0 Å². The Labute approximate surface area is 118 Å². The van der Waals surface area contributed by atoms with Crippen LogP contribution >= 0.6 is 11.3 Å². The van der Waals surface area contributed by atoms with E-state index in [1.54, 1.807) is 28.9 Å². The van der Waals surface area contributed by atoms with Crippen LogP contribution in [0.25, 0.3) is 0 Å². The van der Waals surface area contributed by atoms with E-state index in [9.17, 15) is 8.42 Å². The van der Waals surface area contributed by atoms with Crippen molar-refractivity contribution < 1.29 is 13.2 Å². The van der Waals surface area contributed by atoms with Crippen LogP contribution in [0.1, 0.15) is 20.3 Å². The average molecular weight is 301 g/mol. The van der Waals surface area contributed by atoms with Crippen LogP contribution < -0.4 is 0 Å². The molecule has 3 atom stereocenters. The molecule has 0 aromatic carbocycles. The fraction of sp³-hybridized carbons (Fsp3) is 0.692. The summed E-state index contributed by atoms with van der Waals surface area (Å²) in [4.78, 5) is 0. The minimum atomic E-state index is -3.37. The first-order chi connectivity index (χ1) is 8.87. The molecule has 2 fully saturated rings. The van der Waals surface area contributed by atoms with Crippen LogP contribution in [0, 0.1) is 11.3 Å². The number of hydrogen-bond acceptors (Lipinski definition) is 4. The topological polar surface area (TPSA) is 46.6 Å². The van der Waals surface area contributed by atoms with Gasteiger partial charge in [-0.05, 0) is 17.9 Å². The van der Waals surface area contributed by atoms with E-state index in [2.05, 4.69) is 13.8 Å². The van der Waals surface area contributed by atoms with E-state index in [1.165, 1.54) is 11.3 Å². The summed E-state index contributed by atoms with van der Waals surface area (Å²) >= 11 is 1.27. The molecule has 0 bridgehead atoms. The van der Waals surface area contributed by atoms with Crippen molar-refractivity contribution in [3.63, 3.8) is 0 Å². The van der Waals surface area contributed by atoms with E-state index in [1.807, 2.05) is 0 Å². The second kappa shape index (κ2) is 4.28. The number of rotatable bonds is 3. The lowest BCUT2D eigenvalue weighted by Gasteiger charge is -2.57. The molecule has 4 nitrogen and oxygen atoms in total. The Morgan fingerprint density at radius 1 is 1.47 bits per heavy atom. The largest absolute Gasteiger partial charge is 0.377 e. The van der Waals surface area contributed by atoms with Crippen molar-refractivity contribution in [2.24, 2.45) is 11.3 Å². The van der Waals surface area contributed by atoms with Gasteiger partial charge in [-0.25, -0.2) is 8.42 Å². The maximum absolute atomic E-state index is 12.6. The molecule has 1 aliphatic carbocycles. The van der Waals surface area contributed by atoms with Gasteiger partial charge >= 0.3 is 0 Å². The van der Waals surface area contributed by atoms with Gasteiger partial charge in [-0.15, -0.1) is 11.3 Å². The summed E-state index contributed by atoms with van der Waals surface area (Å²) in [6.07, 6.45) is 1.17. The van der Waals surface area contributed by atoms with Gasteiger partial charge in [0.2, 0.25) is 0 Å². The lowest BCUT2D eigenvalue weighted by atomic mass is 9.57. The van der Waals surface area contributed by atoms with Gasteiger partial charge in [0, 0.05) is 31.0 Å². The van der Waals surface area contributed by atoms with Crippen molar-refractivity contribution in [1.29, 1.82) is 0 Å². The molecule has 1 saturated heterocycles. The van der Waals surface area contributed by atoms with E-state index in [4.69, 9.17) is 4.74 Å². The smallest absolute Gasteiger partial charge is 0.252 e. The van der Waals surface area contributed by atoms with Crippen LogP contribution in [-0.4, -0.2) is 38.5 Å². The minimum Gasteiger partial charge on any atom is -0.377 e. The molecule has 2 heterocycles. The Morgan fingerprint density at radius 3 is 2.84 bits per heavy atom. The molecule has 1 aromatic heterocycles. The summed E-state index contributed by atoms with van der Waals surface area (Å²) in [5, 5.41) is 1.80. The van der Waals surface area contributed by atoms with Crippen LogP contribution in [0.3, 0.4) is 0 Å². The average Bonchev–Trinajstić information content (AvgIpc) is 2.98. The number of hydrogen-bond donors (Lipinski definition) is 0. The highest BCUT2D eigenvalue weighted by atomic mass is 32.2. The quantitative estimate of drug-likeness (QED) is 0.859. The molecule has 0 spiro atoms. The Kier molecular flexibility index (Phi) is 3.05. The monoisotopic (exact) mass is 301 g/mol. The minimum absolute atomic E-state index is 0.0344. The normalized spacial score (nSPS) is 33.2. The zero-order valence-corrected chi connectivity index (χ0v) is 13.0. The van der Waals surface area contributed by atoms with Crippen LogP contribution in [-0.2, 0) is 14.8 Å². The van der Waals surface area contributed by atoms with Crippen molar-refractivity contribution >= 4 is 21.4 Å². The van der Waals surface area contributed by atoms with E-state index in [0.29, 0.717) is 10.1 Å². The molecule has 19 heavy (non-hydrogen) atoms. The first kappa shape index (κ1) is 13.5. The molecule has 1 aliphatic heterocycles. The lowest BCUT2D eigenvalue weighted by Crippen LogP contribution is -2.66. The second-order valence-corrected chi connectivity index (χ2v) is 9.14. The van der Waals surface area contributed by atoms with E-state index in [-0.39, 0.29) is 17.6 Å². The van der Waals surface area contributed by atoms with Gasteiger partial charge in [-0.3, -0.25) is 0 Å². The summed E-state index contributed by atoms with van der Waals surface area (Å²) in [5.41, 5.74) is -0.111. The number of fused-ring (bicyclic) bond motifs is 1. The van der Waals surface area contributed by atoms with Crippen LogP contribution in [0.4, 0.5) is 0 Å². The third-order valence-corrected chi connectivity index (χ3v) is 7.77. The zero-order chi connectivity index (χ0) is 13.8. The molecule has 0 unspecified atom stereocenters. The van der Waals surface area contributed by atoms with Crippen LogP contribution in [0.5, 0.6) is 0 Å². The van der Waals surface area contributed by atoms with Gasteiger partial charge in [-0.1, -0.05) is 19.9 Å². The number of nitrogens with zero attached hydrogens (tertiary/aromatic N) is 1. The van der Waals surface area contributed by atoms with E-state index in [0.717, 1.165) is 13.0 Å². The lowest BCUT2D eigenvalue weighted by molar-refractivity contribution is -0.131. The Hall–Kier alpha value is -0.430. The highest BCUT2D eigenvalue weighted by Crippen LogP contribution is 2.55. The highest BCUT2D eigenvalue weighted by molar-refractivity contribution is 7.91. The zero-order valence-electron chi connectivity index (χ0n) is 11.4. The molecule has 0 radical (unpaired) electrons. The molecule has 0 N–H and O–H groups in total. The maximum atomic E-state index is 12.6. The van der Waals surface area contributed by atoms with Gasteiger partial charge in [-0.2, -0.15) is 4.31 Å². The second-order valence-electron chi connectivity index (χ2n) is 5.96. The third-order valence-electron chi connectivity index (χ3n) is 4.56. The molecular weight excluding hydrogens is 282 g/mol. The molecule has 2 aliphatic rings. The van der Waals surface area contributed by atoms with Crippen molar-refractivity contribution in [1.82, 2.24) is 4.31 Å². The predicted octanol–water partition coefficient (Wildman–Crippen LogP) is 2.18. The molecular formula is C13H19NO3S2. The van der Waals surface area contributed by atoms with Crippen molar-refractivity contribution in [2.75, 3.05) is 13.7 Å². The van der Waals surface area contributed by atoms with Crippen LogP contribution in [0.2, 0.25) is 0 Å². The molecule has 0 amide bonds. The fourth-order valence-corrected chi connectivity index (χ4v) is 6.45. The van der Waals surface area contributed by atoms with Crippen LogP contribution in [0.15, 0.2) is 21.7 Å².